The van der Waals surface area contributed by atoms with Crippen LogP contribution in [0.25, 0.3) is 10.9 Å². The molecule has 0 saturated carbocycles. The number of ether oxygens (including phenoxy) is 1. The van der Waals surface area contributed by atoms with E-state index >= 15 is 0 Å². The molecule has 1 fully saturated rings. The maximum Gasteiger partial charge on any atom is 0.253 e. The molecule has 1 saturated heterocycles. The van der Waals surface area contributed by atoms with Crippen molar-refractivity contribution in [2.45, 2.75) is 37.6 Å². The molecule has 2 aromatic carbocycles. The maximum absolute atomic E-state index is 12.9. The van der Waals surface area contributed by atoms with E-state index in [0.717, 1.165) is 16.5 Å². The Bertz CT molecular complexity index is 1250. The molecular weight excluding hydrogens is 426 g/mol. The topological polar surface area (TPSA) is 88.6 Å². The molecule has 1 aliphatic heterocycles. The van der Waals surface area contributed by atoms with Gasteiger partial charge in [0.1, 0.15) is 5.75 Å². The van der Waals surface area contributed by atoms with E-state index in [1.807, 2.05) is 38.1 Å². The predicted molar refractivity (Wildman–Crippen MR) is 123 cm³/mol. The number of carbonyl (C=O) groups excluding carboxylic acids is 1. The SMILES string of the molecule is COc1ccc2cc(C(=O)NC3CCN(S(=O)(=O)c4ccc(C)cc4)CC3)c(C)nc2c1. The van der Waals surface area contributed by atoms with Crippen LogP contribution in [-0.4, -0.2) is 49.9 Å². The Balaban J connectivity index is 1.42. The zero-order chi connectivity index (χ0) is 22.9. The van der Waals surface area contributed by atoms with Crippen LogP contribution in [0.15, 0.2) is 53.4 Å². The van der Waals surface area contributed by atoms with Crippen molar-refractivity contribution in [3.63, 3.8) is 0 Å². The smallest absolute Gasteiger partial charge is 0.253 e. The van der Waals surface area contributed by atoms with E-state index in [4.69, 9.17) is 4.74 Å². The van der Waals surface area contributed by atoms with Gasteiger partial charge in [-0.15, -0.1) is 0 Å². The predicted octanol–water partition coefficient (Wildman–Crippen LogP) is 3.44. The normalized spacial score (nSPS) is 15.6. The number of pyridine rings is 1. The van der Waals surface area contributed by atoms with Gasteiger partial charge in [-0.05, 0) is 57.0 Å². The third kappa shape index (κ3) is 4.47. The number of aryl methyl sites for hydroxylation is 2. The van der Waals surface area contributed by atoms with Crippen molar-refractivity contribution in [2.75, 3.05) is 20.2 Å². The summed E-state index contributed by atoms with van der Waals surface area (Å²) in [6, 6.07) is 14.2. The average Bonchev–Trinajstić information content (AvgIpc) is 2.78. The summed E-state index contributed by atoms with van der Waals surface area (Å²) in [5, 5.41) is 3.92. The van der Waals surface area contributed by atoms with Crippen molar-refractivity contribution in [1.29, 1.82) is 0 Å². The lowest BCUT2D eigenvalue weighted by Crippen LogP contribution is -2.46. The number of aromatic nitrogens is 1. The standard InChI is InChI=1S/C24H27N3O4S/c1-16-4-8-21(9-5-16)32(29,30)27-12-10-19(11-13-27)26-24(28)22-14-18-6-7-20(31-3)15-23(18)25-17(22)2/h4-9,14-15,19H,10-13H2,1-3H3,(H,26,28). The lowest BCUT2D eigenvalue weighted by Gasteiger charge is -2.31. The highest BCUT2D eigenvalue weighted by Gasteiger charge is 2.30. The Morgan fingerprint density at radius 2 is 1.75 bits per heavy atom. The van der Waals surface area contributed by atoms with Crippen LogP contribution in [0.1, 0.15) is 34.5 Å². The average molecular weight is 454 g/mol. The van der Waals surface area contributed by atoms with Crippen LogP contribution in [0, 0.1) is 13.8 Å². The van der Waals surface area contributed by atoms with E-state index in [-0.39, 0.29) is 11.9 Å². The lowest BCUT2D eigenvalue weighted by atomic mass is 10.0. The number of benzene rings is 2. The number of rotatable bonds is 5. The molecule has 0 bridgehead atoms. The van der Waals surface area contributed by atoms with Gasteiger partial charge in [-0.2, -0.15) is 4.31 Å². The first-order valence-corrected chi connectivity index (χ1v) is 12.0. The van der Waals surface area contributed by atoms with Gasteiger partial charge in [0.15, 0.2) is 0 Å². The van der Waals surface area contributed by atoms with Crippen LogP contribution in [-0.2, 0) is 10.0 Å². The van der Waals surface area contributed by atoms with Crippen molar-refractivity contribution in [2.24, 2.45) is 0 Å². The number of carbonyl (C=O) groups is 1. The first kappa shape index (κ1) is 22.2. The fourth-order valence-corrected chi connectivity index (χ4v) is 5.43. The summed E-state index contributed by atoms with van der Waals surface area (Å²) in [5.74, 6) is 0.529. The van der Waals surface area contributed by atoms with Gasteiger partial charge in [0.2, 0.25) is 10.0 Å². The molecule has 2 heterocycles. The van der Waals surface area contributed by atoms with Gasteiger partial charge in [-0.1, -0.05) is 17.7 Å². The summed E-state index contributed by atoms with van der Waals surface area (Å²) in [5.41, 5.74) is 2.95. The van der Waals surface area contributed by atoms with E-state index in [0.29, 0.717) is 47.8 Å². The Labute approximate surface area is 188 Å². The van der Waals surface area contributed by atoms with Gasteiger partial charge in [0, 0.05) is 30.6 Å². The van der Waals surface area contributed by atoms with Gasteiger partial charge < -0.3 is 10.1 Å². The van der Waals surface area contributed by atoms with Crippen LogP contribution >= 0.6 is 0 Å². The minimum atomic E-state index is -3.52. The fraction of sp³-hybridized carbons (Fsp3) is 0.333. The Hall–Kier alpha value is -2.97. The van der Waals surface area contributed by atoms with E-state index in [2.05, 4.69) is 10.3 Å². The Morgan fingerprint density at radius 3 is 2.41 bits per heavy atom. The first-order chi connectivity index (χ1) is 15.3. The summed E-state index contributed by atoms with van der Waals surface area (Å²) >= 11 is 0. The third-order valence-electron chi connectivity index (χ3n) is 5.91. The third-order valence-corrected chi connectivity index (χ3v) is 7.82. The summed E-state index contributed by atoms with van der Waals surface area (Å²) in [7, 11) is -1.91. The molecule has 0 spiro atoms. The largest absolute Gasteiger partial charge is 0.497 e. The van der Waals surface area contributed by atoms with Gasteiger partial charge in [-0.25, -0.2) is 8.42 Å². The molecule has 168 valence electrons. The number of hydrogen-bond acceptors (Lipinski definition) is 5. The molecule has 8 heteroatoms. The molecule has 0 unspecified atom stereocenters. The first-order valence-electron chi connectivity index (χ1n) is 10.6. The van der Waals surface area contributed by atoms with Crippen LogP contribution in [0.3, 0.4) is 0 Å². The van der Waals surface area contributed by atoms with E-state index in [1.54, 1.807) is 31.4 Å². The summed E-state index contributed by atoms with van der Waals surface area (Å²) in [6.07, 6.45) is 1.13. The molecule has 7 nitrogen and oxygen atoms in total. The van der Waals surface area contributed by atoms with Crippen LogP contribution in [0.5, 0.6) is 5.75 Å². The number of amides is 1. The van der Waals surface area contributed by atoms with Crippen molar-refractivity contribution < 1.29 is 17.9 Å². The van der Waals surface area contributed by atoms with Gasteiger partial charge in [-0.3, -0.25) is 9.78 Å². The van der Waals surface area contributed by atoms with Crippen molar-refractivity contribution in [3.05, 3.63) is 65.4 Å². The quantitative estimate of drug-likeness (QED) is 0.639. The summed E-state index contributed by atoms with van der Waals surface area (Å²) in [6.45, 7) is 4.48. The molecular formula is C24H27N3O4S. The summed E-state index contributed by atoms with van der Waals surface area (Å²) in [4.78, 5) is 17.8. The molecule has 1 amide bonds. The number of piperidine rings is 1. The van der Waals surface area contributed by atoms with Crippen LogP contribution < -0.4 is 10.1 Å². The molecule has 3 aromatic rings. The van der Waals surface area contributed by atoms with Gasteiger partial charge in [0.25, 0.3) is 5.91 Å². The van der Waals surface area contributed by atoms with Gasteiger partial charge >= 0.3 is 0 Å². The minimum Gasteiger partial charge on any atom is -0.497 e. The number of methoxy groups -OCH3 is 1. The van der Waals surface area contributed by atoms with Crippen molar-refractivity contribution in [3.8, 4) is 5.75 Å². The second kappa shape index (κ2) is 8.88. The van der Waals surface area contributed by atoms with Crippen molar-refractivity contribution in [1.82, 2.24) is 14.6 Å². The fourth-order valence-electron chi connectivity index (χ4n) is 3.96. The second-order valence-electron chi connectivity index (χ2n) is 8.14. The number of nitrogens with one attached hydrogen (secondary N) is 1. The zero-order valence-electron chi connectivity index (χ0n) is 18.5. The molecule has 0 radical (unpaired) electrons. The second-order valence-corrected chi connectivity index (χ2v) is 10.1. The summed E-state index contributed by atoms with van der Waals surface area (Å²) < 4.78 is 32.5. The minimum absolute atomic E-state index is 0.0852. The number of nitrogens with zero attached hydrogens (tertiary/aromatic N) is 2. The Kier molecular flexibility index (Phi) is 6.17. The molecule has 0 aliphatic carbocycles. The highest BCUT2D eigenvalue weighted by Crippen LogP contribution is 2.24. The van der Waals surface area contributed by atoms with E-state index in [1.165, 1.54) is 4.31 Å². The number of fused-ring (bicyclic) bond motifs is 1. The number of hydrogen-bond donors (Lipinski definition) is 1. The maximum atomic E-state index is 12.9. The molecule has 0 atom stereocenters. The lowest BCUT2D eigenvalue weighted by molar-refractivity contribution is 0.0923. The molecule has 32 heavy (non-hydrogen) atoms. The highest BCUT2D eigenvalue weighted by molar-refractivity contribution is 7.89. The van der Waals surface area contributed by atoms with Gasteiger partial charge in [0.05, 0.1) is 28.8 Å². The molecule has 1 aliphatic rings. The zero-order valence-corrected chi connectivity index (χ0v) is 19.3. The molecule has 1 aromatic heterocycles. The van der Waals surface area contributed by atoms with E-state index in [9.17, 15) is 13.2 Å². The molecule has 4 rings (SSSR count). The monoisotopic (exact) mass is 453 g/mol. The van der Waals surface area contributed by atoms with Crippen LogP contribution in [0.2, 0.25) is 0 Å². The molecule has 1 N–H and O–H groups in total. The number of sulfonamides is 1. The Morgan fingerprint density at radius 1 is 1.06 bits per heavy atom. The van der Waals surface area contributed by atoms with E-state index < -0.39 is 10.0 Å². The van der Waals surface area contributed by atoms with Crippen molar-refractivity contribution >= 4 is 26.8 Å². The highest BCUT2D eigenvalue weighted by atomic mass is 32.2. The van der Waals surface area contributed by atoms with Crippen LogP contribution in [0.4, 0.5) is 0 Å².